The highest BCUT2D eigenvalue weighted by Gasteiger charge is 2.58. The van der Waals surface area contributed by atoms with Gasteiger partial charge in [0.15, 0.2) is 5.82 Å². The second kappa shape index (κ2) is 9.92. The molecule has 8 rings (SSSR count). The molecule has 3 heterocycles. The van der Waals surface area contributed by atoms with E-state index in [0.29, 0.717) is 23.2 Å². The summed E-state index contributed by atoms with van der Waals surface area (Å²) in [7, 11) is 0. The van der Waals surface area contributed by atoms with E-state index in [9.17, 15) is 5.26 Å². The minimum Gasteiger partial charge on any atom is -0.368 e. The van der Waals surface area contributed by atoms with E-state index in [1.54, 1.807) is 4.68 Å². The quantitative estimate of drug-likeness (QED) is 0.336. The van der Waals surface area contributed by atoms with Crippen molar-refractivity contribution in [2.45, 2.75) is 63.8 Å². The van der Waals surface area contributed by atoms with Crippen molar-refractivity contribution < 1.29 is 0 Å². The molecule has 2 fully saturated rings. The van der Waals surface area contributed by atoms with Gasteiger partial charge in [-0.1, -0.05) is 30.3 Å². The Balaban J connectivity index is 0.975. The molecule has 9 nitrogen and oxygen atoms in total. The largest absolute Gasteiger partial charge is 0.368 e. The van der Waals surface area contributed by atoms with Crippen LogP contribution in [-0.2, 0) is 25.7 Å². The van der Waals surface area contributed by atoms with Crippen LogP contribution in [0.5, 0.6) is 0 Å². The van der Waals surface area contributed by atoms with E-state index in [4.69, 9.17) is 5.73 Å². The summed E-state index contributed by atoms with van der Waals surface area (Å²) in [6, 6.07) is 20.2. The smallest absolute Gasteiger partial charge is 0.248 e. The van der Waals surface area contributed by atoms with Crippen molar-refractivity contribution in [1.82, 2.24) is 29.9 Å². The summed E-state index contributed by atoms with van der Waals surface area (Å²) in [4.78, 5) is 7.17. The highest BCUT2D eigenvalue weighted by atomic mass is 15.4. The zero-order chi connectivity index (χ0) is 28.3. The first-order chi connectivity index (χ1) is 20.6. The molecule has 1 spiro atoms. The standard InChI is InChI=1S/C33H35N9/c34-19-25-18-33(25)14-15-41(20-33)27-12-9-21-8-11-26(16-23(21)10-13-27)36-32-37-31(35)42(40-32)29-17-24-6-3-5-22-4-1-2-7-28(22)30(24)39-38-29/h1-2,4,7-8,11,16-17,25,27H,3,5-6,9-10,12-15,18,20H2,(H3,35,36,37,40)/t25-,27+,33?/m0/s1. The Morgan fingerprint density at radius 2 is 1.81 bits per heavy atom. The summed E-state index contributed by atoms with van der Waals surface area (Å²) in [5.41, 5.74) is 15.0. The lowest BCUT2D eigenvalue weighted by Crippen LogP contribution is -2.34. The van der Waals surface area contributed by atoms with Gasteiger partial charge in [0.25, 0.3) is 0 Å². The third kappa shape index (κ3) is 4.42. The van der Waals surface area contributed by atoms with Crippen LogP contribution in [0.15, 0.2) is 48.5 Å². The molecule has 1 saturated carbocycles. The Morgan fingerprint density at radius 3 is 2.69 bits per heavy atom. The molecule has 3 N–H and O–H groups in total. The van der Waals surface area contributed by atoms with Crippen LogP contribution in [-0.4, -0.2) is 49.0 Å². The monoisotopic (exact) mass is 557 g/mol. The van der Waals surface area contributed by atoms with Gasteiger partial charge in [-0.25, -0.2) is 0 Å². The van der Waals surface area contributed by atoms with Gasteiger partial charge in [-0.05, 0) is 105 Å². The molecule has 4 aliphatic rings. The van der Waals surface area contributed by atoms with E-state index in [0.717, 1.165) is 80.5 Å². The summed E-state index contributed by atoms with van der Waals surface area (Å²) in [5.74, 6) is 1.58. The fourth-order valence-electron chi connectivity index (χ4n) is 7.61. The van der Waals surface area contributed by atoms with E-state index < -0.39 is 0 Å². The number of likely N-dealkylation sites (tertiary alicyclic amines) is 1. The number of rotatable bonds is 4. The molecule has 3 aliphatic carbocycles. The Bertz CT molecular complexity index is 1720. The van der Waals surface area contributed by atoms with Gasteiger partial charge in [0.2, 0.25) is 11.9 Å². The van der Waals surface area contributed by atoms with Gasteiger partial charge in [0.05, 0.1) is 17.7 Å². The number of hydrogen-bond acceptors (Lipinski definition) is 8. The number of aromatic nitrogens is 5. The molecule has 2 aromatic heterocycles. The minimum absolute atomic E-state index is 0.274. The van der Waals surface area contributed by atoms with Crippen LogP contribution in [0.3, 0.4) is 0 Å². The first-order valence-corrected chi connectivity index (χ1v) is 15.3. The highest BCUT2D eigenvalue weighted by Crippen LogP contribution is 2.58. The van der Waals surface area contributed by atoms with Crippen LogP contribution < -0.4 is 11.1 Å². The highest BCUT2D eigenvalue weighted by molar-refractivity contribution is 5.68. The Morgan fingerprint density at radius 1 is 0.952 bits per heavy atom. The second-order valence-electron chi connectivity index (χ2n) is 12.6. The number of anilines is 3. The molecule has 1 unspecified atom stereocenters. The number of nitriles is 1. The fourth-order valence-corrected chi connectivity index (χ4v) is 7.61. The second-order valence-corrected chi connectivity index (χ2v) is 12.6. The molecule has 1 aliphatic heterocycles. The number of nitrogens with two attached hydrogens (primary N) is 1. The summed E-state index contributed by atoms with van der Waals surface area (Å²) >= 11 is 0. The predicted octanol–water partition coefficient (Wildman–Crippen LogP) is 5.02. The summed E-state index contributed by atoms with van der Waals surface area (Å²) < 4.78 is 1.57. The lowest BCUT2D eigenvalue weighted by Gasteiger charge is -2.26. The third-order valence-corrected chi connectivity index (χ3v) is 10.1. The molecule has 42 heavy (non-hydrogen) atoms. The van der Waals surface area contributed by atoms with Crippen LogP contribution >= 0.6 is 0 Å². The number of fused-ring (bicyclic) bond motifs is 4. The van der Waals surface area contributed by atoms with E-state index in [1.165, 1.54) is 29.5 Å². The van der Waals surface area contributed by atoms with E-state index in [1.807, 2.05) is 6.07 Å². The fraction of sp³-hybridized carbons (Fsp3) is 0.424. The number of nitrogens with zero attached hydrogens (tertiary/aromatic N) is 7. The third-order valence-electron chi connectivity index (χ3n) is 10.1. The van der Waals surface area contributed by atoms with Crippen molar-refractivity contribution in [2.75, 3.05) is 24.1 Å². The van der Waals surface area contributed by atoms with Crippen LogP contribution in [0.2, 0.25) is 0 Å². The summed E-state index contributed by atoms with van der Waals surface area (Å²) in [6.07, 6.45) is 9.81. The average molecular weight is 558 g/mol. The lowest BCUT2D eigenvalue weighted by molar-refractivity contribution is 0.210. The van der Waals surface area contributed by atoms with Crippen molar-refractivity contribution >= 4 is 17.6 Å². The van der Waals surface area contributed by atoms with Gasteiger partial charge < -0.3 is 11.1 Å². The normalized spacial score (nSPS) is 24.6. The van der Waals surface area contributed by atoms with E-state index in [-0.39, 0.29) is 11.9 Å². The minimum atomic E-state index is 0.274. The zero-order valence-electron chi connectivity index (χ0n) is 23.8. The maximum atomic E-state index is 9.38. The van der Waals surface area contributed by atoms with Crippen LogP contribution in [0, 0.1) is 22.7 Å². The van der Waals surface area contributed by atoms with Crippen LogP contribution in [0.25, 0.3) is 17.1 Å². The topological polar surface area (TPSA) is 122 Å². The van der Waals surface area contributed by atoms with E-state index in [2.05, 4.69) is 79.0 Å². The average Bonchev–Trinajstić information content (AvgIpc) is 3.51. The van der Waals surface area contributed by atoms with Crippen molar-refractivity contribution in [3.05, 3.63) is 70.8 Å². The van der Waals surface area contributed by atoms with Gasteiger partial charge in [-0.3, -0.25) is 4.90 Å². The number of nitrogens with one attached hydrogen (secondary N) is 1. The van der Waals surface area contributed by atoms with Crippen LogP contribution in [0.1, 0.15) is 54.4 Å². The van der Waals surface area contributed by atoms with Gasteiger partial charge in [0.1, 0.15) is 0 Å². The number of aryl methyl sites for hydroxylation is 4. The van der Waals surface area contributed by atoms with Crippen LogP contribution in [0.4, 0.5) is 17.6 Å². The molecule has 9 heteroatoms. The molecule has 1 saturated heterocycles. The zero-order valence-corrected chi connectivity index (χ0v) is 23.8. The first-order valence-electron chi connectivity index (χ1n) is 15.3. The Hall–Kier alpha value is -4.29. The number of hydrogen-bond donors (Lipinski definition) is 2. The SMILES string of the molecule is N#C[C@@H]1CC12CCN([C@@H]1CCc3ccc(Nc4nc(N)n(-c5cc6c(nn5)-c5ccccc5CCC6)n4)cc3CC1)C2. The van der Waals surface area contributed by atoms with Gasteiger partial charge in [0, 0.05) is 29.3 Å². The molecule has 0 bridgehead atoms. The van der Waals surface area contributed by atoms with Crippen molar-refractivity contribution in [2.24, 2.45) is 11.3 Å². The molecular weight excluding hydrogens is 522 g/mol. The van der Waals surface area contributed by atoms with Gasteiger partial charge in [-0.2, -0.15) is 14.9 Å². The first kappa shape index (κ1) is 25.4. The Labute approximate surface area is 245 Å². The number of benzene rings is 2. The molecule has 4 aromatic rings. The van der Waals surface area contributed by atoms with Crippen molar-refractivity contribution in [3.8, 4) is 23.1 Å². The van der Waals surface area contributed by atoms with Crippen molar-refractivity contribution in [3.63, 3.8) is 0 Å². The molecule has 2 aromatic carbocycles. The molecule has 0 radical (unpaired) electrons. The molecule has 0 amide bonds. The molecule has 212 valence electrons. The number of nitrogen functional groups attached to an aromatic ring is 1. The predicted molar refractivity (Wildman–Crippen MR) is 161 cm³/mol. The van der Waals surface area contributed by atoms with E-state index >= 15 is 0 Å². The van der Waals surface area contributed by atoms with Crippen molar-refractivity contribution in [1.29, 1.82) is 5.26 Å². The molecular formula is C33H35N9. The lowest BCUT2D eigenvalue weighted by atomic mass is 10.0. The maximum absolute atomic E-state index is 9.38. The van der Waals surface area contributed by atoms with Gasteiger partial charge >= 0.3 is 0 Å². The van der Waals surface area contributed by atoms with Gasteiger partial charge in [-0.15, -0.1) is 15.3 Å². The summed E-state index contributed by atoms with van der Waals surface area (Å²) in [5, 5.41) is 26.5. The maximum Gasteiger partial charge on any atom is 0.248 e. The molecule has 3 atom stereocenters. The Kier molecular flexibility index (Phi) is 6.00. The summed E-state index contributed by atoms with van der Waals surface area (Å²) in [6.45, 7) is 2.25.